The lowest BCUT2D eigenvalue weighted by molar-refractivity contribution is -0.116. The third-order valence-corrected chi connectivity index (χ3v) is 5.22. The number of benzene rings is 3. The minimum atomic E-state index is -0.306. The fourth-order valence-corrected chi connectivity index (χ4v) is 3.68. The standard InChI is InChI=1S/C25H23FN2O3/c1-30-18-9-12-22(23(15-18)31-2)27-24(29)13-10-19-20-14-17(26)8-11-21(20)28-25(19)16-6-4-3-5-7-16/h3-9,11-12,14-15,28H,10,13H2,1-2H3,(H,27,29). The van der Waals surface area contributed by atoms with Gasteiger partial charge in [-0.3, -0.25) is 4.79 Å². The Hall–Kier alpha value is -3.80. The third-order valence-electron chi connectivity index (χ3n) is 5.22. The van der Waals surface area contributed by atoms with Gasteiger partial charge < -0.3 is 19.8 Å². The Morgan fingerprint density at radius 2 is 1.81 bits per heavy atom. The molecule has 0 bridgehead atoms. The number of carbonyl (C=O) groups is 1. The first kappa shape index (κ1) is 20.5. The highest BCUT2D eigenvalue weighted by Gasteiger charge is 2.16. The summed E-state index contributed by atoms with van der Waals surface area (Å²) >= 11 is 0. The molecule has 3 aromatic carbocycles. The van der Waals surface area contributed by atoms with Gasteiger partial charge in [0.25, 0.3) is 0 Å². The average Bonchev–Trinajstić information content (AvgIpc) is 3.16. The van der Waals surface area contributed by atoms with Gasteiger partial charge in [0.1, 0.15) is 17.3 Å². The Kier molecular flexibility index (Phi) is 5.89. The summed E-state index contributed by atoms with van der Waals surface area (Å²) in [7, 11) is 3.11. The first-order valence-electron chi connectivity index (χ1n) is 9.96. The first-order valence-corrected chi connectivity index (χ1v) is 9.96. The van der Waals surface area contributed by atoms with E-state index in [0.717, 1.165) is 27.7 Å². The summed E-state index contributed by atoms with van der Waals surface area (Å²) in [4.78, 5) is 16.1. The van der Waals surface area contributed by atoms with Crippen LogP contribution in [0.1, 0.15) is 12.0 Å². The summed E-state index contributed by atoms with van der Waals surface area (Å²) in [5.74, 6) is 0.697. The number of hydrogen-bond acceptors (Lipinski definition) is 3. The number of aromatic nitrogens is 1. The van der Waals surface area contributed by atoms with Crippen LogP contribution in [0.5, 0.6) is 11.5 Å². The van der Waals surface area contributed by atoms with Gasteiger partial charge in [-0.15, -0.1) is 0 Å². The third kappa shape index (κ3) is 4.38. The average molecular weight is 418 g/mol. The largest absolute Gasteiger partial charge is 0.497 e. The number of halogens is 1. The minimum Gasteiger partial charge on any atom is -0.497 e. The molecule has 1 heterocycles. The highest BCUT2D eigenvalue weighted by Crippen LogP contribution is 2.33. The van der Waals surface area contributed by atoms with Crippen molar-refractivity contribution in [3.05, 3.63) is 78.1 Å². The predicted octanol–water partition coefficient (Wildman–Crippen LogP) is 5.56. The molecule has 31 heavy (non-hydrogen) atoms. The maximum absolute atomic E-state index is 13.9. The zero-order chi connectivity index (χ0) is 21.8. The number of hydrogen-bond donors (Lipinski definition) is 2. The van der Waals surface area contributed by atoms with Crippen LogP contribution in [0.15, 0.2) is 66.7 Å². The van der Waals surface area contributed by atoms with E-state index in [1.807, 2.05) is 30.3 Å². The van der Waals surface area contributed by atoms with Crippen molar-refractivity contribution in [3.8, 4) is 22.8 Å². The van der Waals surface area contributed by atoms with Gasteiger partial charge in [0.2, 0.25) is 5.91 Å². The molecular formula is C25H23FN2O3. The maximum Gasteiger partial charge on any atom is 0.224 e. The maximum atomic E-state index is 13.9. The van der Waals surface area contributed by atoms with Crippen LogP contribution in [0.2, 0.25) is 0 Å². The van der Waals surface area contributed by atoms with E-state index in [4.69, 9.17) is 9.47 Å². The van der Waals surface area contributed by atoms with Gasteiger partial charge in [0.05, 0.1) is 19.9 Å². The molecule has 0 radical (unpaired) electrons. The van der Waals surface area contributed by atoms with Crippen molar-refractivity contribution in [1.82, 2.24) is 4.98 Å². The summed E-state index contributed by atoms with van der Waals surface area (Å²) in [6.07, 6.45) is 0.691. The number of anilines is 1. The van der Waals surface area contributed by atoms with Gasteiger partial charge in [-0.1, -0.05) is 30.3 Å². The molecule has 1 amide bonds. The highest BCUT2D eigenvalue weighted by atomic mass is 19.1. The number of aryl methyl sites for hydroxylation is 1. The van der Waals surface area contributed by atoms with Crippen molar-refractivity contribution in [1.29, 1.82) is 0 Å². The lowest BCUT2D eigenvalue weighted by atomic mass is 10.0. The molecule has 0 aliphatic rings. The Morgan fingerprint density at radius 1 is 1.00 bits per heavy atom. The molecule has 0 fully saturated rings. The fourth-order valence-electron chi connectivity index (χ4n) is 3.68. The van der Waals surface area contributed by atoms with E-state index >= 15 is 0 Å². The Labute approximate surface area is 179 Å². The quantitative estimate of drug-likeness (QED) is 0.413. The molecule has 2 N–H and O–H groups in total. The molecule has 4 rings (SSSR count). The molecule has 6 heteroatoms. The van der Waals surface area contributed by atoms with Crippen molar-refractivity contribution in [2.75, 3.05) is 19.5 Å². The zero-order valence-electron chi connectivity index (χ0n) is 17.4. The highest BCUT2D eigenvalue weighted by molar-refractivity contribution is 5.94. The molecule has 0 unspecified atom stereocenters. The SMILES string of the molecule is COc1ccc(NC(=O)CCc2c(-c3ccccc3)[nH]c3ccc(F)cc23)c(OC)c1. The van der Waals surface area contributed by atoms with E-state index in [1.54, 1.807) is 31.4 Å². The van der Waals surface area contributed by atoms with Gasteiger partial charge in [-0.25, -0.2) is 4.39 Å². The fraction of sp³-hybridized carbons (Fsp3) is 0.160. The Morgan fingerprint density at radius 3 is 2.55 bits per heavy atom. The number of rotatable bonds is 7. The van der Waals surface area contributed by atoms with Gasteiger partial charge in [-0.2, -0.15) is 0 Å². The summed E-state index contributed by atoms with van der Waals surface area (Å²) in [5, 5.41) is 3.68. The molecule has 0 atom stereocenters. The summed E-state index contributed by atoms with van der Waals surface area (Å²) in [6, 6.07) is 19.7. The molecule has 5 nitrogen and oxygen atoms in total. The lowest BCUT2D eigenvalue weighted by Crippen LogP contribution is -2.13. The number of aromatic amines is 1. The number of H-pyrrole nitrogens is 1. The number of methoxy groups -OCH3 is 2. The molecular weight excluding hydrogens is 395 g/mol. The second-order valence-electron chi connectivity index (χ2n) is 7.15. The van der Waals surface area contributed by atoms with Crippen LogP contribution in [-0.2, 0) is 11.2 Å². The van der Waals surface area contributed by atoms with E-state index in [-0.39, 0.29) is 18.1 Å². The lowest BCUT2D eigenvalue weighted by Gasteiger charge is -2.12. The second kappa shape index (κ2) is 8.92. The van der Waals surface area contributed by atoms with Crippen molar-refractivity contribution in [2.45, 2.75) is 12.8 Å². The van der Waals surface area contributed by atoms with E-state index in [1.165, 1.54) is 19.2 Å². The van der Waals surface area contributed by atoms with Crippen LogP contribution in [0, 0.1) is 5.82 Å². The van der Waals surface area contributed by atoms with E-state index in [2.05, 4.69) is 10.3 Å². The zero-order valence-corrected chi connectivity index (χ0v) is 17.4. The number of ether oxygens (including phenoxy) is 2. The predicted molar refractivity (Wildman–Crippen MR) is 120 cm³/mol. The summed E-state index contributed by atoms with van der Waals surface area (Å²) in [5.41, 5.74) is 4.22. The van der Waals surface area contributed by atoms with Crippen LogP contribution in [0.3, 0.4) is 0 Å². The molecule has 158 valence electrons. The van der Waals surface area contributed by atoms with Gasteiger partial charge in [0.15, 0.2) is 0 Å². The van der Waals surface area contributed by atoms with Crippen LogP contribution >= 0.6 is 0 Å². The summed E-state index contributed by atoms with van der Waals surface area (Å²) < 4.78 is 24.5. The van der Waals surface area contributed by atoms with E-state index in [9.17, 15) is 9.18 Å². The molecule has 0 saturated heterocycles. The monoisotopic (exact) mass is 418 g/mol. The second-order valence-corrected chi connectivity index (χ2v) is 7.15. The van der Waals surface area contributed by atoms with Crippen LogP contribution in [0.25, 0.3) is 22.2 Å². The smallest absolute Gasteiger partial charge is 0.224 e. The van der Waals surface area contributed by atoms with Crippen LogP contribution in [-0.4, -0.2) is 25.1 Å². The number of fused-ring (bicyclic) bond motifs is 1. The first-order chi connectivity index (χ1) is 15.1. The molecule has 0 aliphatic heterocycles. The van der Waals surface area contributed by atoms with Crippen molar-refractivity contribution in [2.24, 2.45) is 0 Å². The Bertz CT molecular complexity index is 1220. The minimum absolute atomic E-state index is 0.159. The number of amides is 1. The van der Waals surface area contributed by atoms with Crippen LogP contribution in [0.4, 0.5) is 10.1 Å². The molecule has 4 aromatic rings. The molecule has 0 spiro atoms. The van der Waals surface area contributed by atoms with Gasteiger partial charge in [-0.05, 0) is 47.9 Å². The Balaban J connectivity index is 1.59. The topological polar surface area (TPSA) is 63.3 Å². The summed E-state index contributed by atoms with van der Waals surface area (Å²) in [6.45, 7) is 0. The molecule has 1 aromatic heterocycles. The van der Waals surface area contributed by atoms with Crippen LogP contribution < -0.4 is 14.8 Å². The van der Waals surface area contributed by atoms with E-state index in [0.29, 0.717) is 23.6 Å². The normalized spacial score (nSPS) is 10.8. The van der Waals surface area contributed by atoms with Crippen molar-refractivity contribution < 1.29 is 18.7 Å². The number of carbonyl (C=O) groups excluding carboxylic acids is 1. The van der Waals surface area contributed by atoms with Gasteiger partial charge >= 0.3 is 0 Å². The molecule has 0 aliphatic carbocycles. The van der Waals surface area contributed by atoms with E-state index < -0.39 is 0 Å². The number of nitrogens with one attached hydrogen (secondary N) is 2. The van der Waals surface area contributed by atoms with Crippen molar-refractivity contribution in [3.63, 3.8) is 0 Å². The van der Waals surface area contributed by atoms with Gasteiger partial charge in [0, 0.05) is 29.1 Å². The van der Waals surface area contributed by atoms with Crippen molar-refractivity contribution >= 4 is 22.5 Å². The molecule has 0 saturated carbocycles.